The molecule has 0 saturated carbocycles. The summed E-state index contributed by atoms with van der Waals surface area (Å²) in [6.45, 7) is 3.11. The molecule has 4 heteroatoms. The van der Waals surface area contributed by atoms with E-state index < -0.39 is 0 Å². The number of urea groups is 1. The lowest BCUT2D eigenvalue weighted by molar-refractivity contribution is 0.212. The van der Waals surface area contributed by atoms with Crippen LogP contribution in [-0.4, -0.2) is 17.5 Å². The molecule has 0 heterocycles. The van der Waals surface area contributed by atoms with Crippen molar-refractivity contribution >= 4 is 11.7 Å². The highest BCUT2D eigenvalue weighted by Gasteiger charge is 2.12. The number of benzene rings is 2. The number of carbonyl (C=O) groups is 1. The molecule has 2 rings (SSSR count). The minimum absolute atomic E-state index is 0.170. The Hall–Kier alpha value is -2.80. The van der Waals surface area contributed by atoms with Crippen LogP contribution in [-0.2, 0) is 6.54 Å². The van der Waals surface area contributed by atoms with Crippen LogP contribution in [0.15, 0.2) is 54.6 Å². The molecule has 21 heavy (non-hydrogen) atoms. The summed E-state index contributed by atoms with van der Waals surface area (Å²) in [7, 11) is 0. The minimum Gasteiger partial charge on any atom is -0.320 e. The number of hydrogen-bond acceptors (Lipinski definition) is 2. The van der Waals surface area contributed by atoms with E-state index in [9.17, 15) is 4.79 Å². The standard InChI is InChI=1S/C17H17N3O/c1-2-20(13-14-7-4-3-5-8-14)17(21)19-16-10-6-9-15(11-16)12-18/h3-11H,2,13H2,1H3,(H,19,21). The molecule has 2 aromatic rings. The van der Waals surface area contributed by atoms with E-state index in [1.165, 1.54) is 0 Å². The number of nitrogens with zero attached hydrogens (tertiary/aromatic N) is 2. The molecule has 0 radical (unpaired) electrons. The fraction of sp³-hybridized carbons (Fsp3) is 0.176. The van der Waals surface area contributed by atoms with Crippen molar-refractivity contribution in [2.75, 3.05) is 11.9 Å². The van der Waals surface area contributed by atoms with Crippen molar-refractivity contribution in [3.05, 3.63) is 65.7 Å². The average molecular weight is 279 g/mol. The van der Waals surface area contributed by atoms with Crippen LogP contribution in [0.4, 0.5) is 10.5 Å². The lowest BCUT2D eigenvalue weighted by atomic mass is 10.2. The van der Waals surface area contributed by atoms with Crippen molar-refractivity contribution in [3.63, 3.8) is 0 Å². The zero-order chi connectivity index (χ0) is 15.1. The van der Waals surface area contributed by atoms with Crippen LogP contribution in [0.1, 0.15) is 18.1 Å². The molecule has 0 unspecified atom stereocenters. The molecule has 0 atom stereocenters. The Morgan fingerprint density at radius 2 is 1.95 bits per heavy atom. The van der Waals surface area contributed by atoms with E-state index in [1.807, 2.05) is 37.3 Å². The predicted molar refractivity (Wildman–Crippen MR) is 82.7 cm³/mol. The van der Waals surface area contributed by atoms with E-state index >= 15 is 0 Å². The second-order valence-electron chi connectivity index (χ2n) is 4.62. The maximum Gasteiger partial charge on any atom is 0.322 e. The Bertz CT molecular complexity index is 647. The first-order valence-electron chi connectivity index (χ1n) is 6.83. The molecule has 0 aliphatic rings. The van der Waals surface area contributed by atoms with Crippen LogP contribution in [0.2, 0.25) is 0 Å². The lowest BCUT2D eigenvalue weighted by Gasteiger charge is -2.21. The maximum atomic E-state index is 12.3. The number of nitrogens with one attached hydrogen (secondary N) is 1. The number of nitriles is 1. The molecular weight excluding hydrogens is 262 g/mol. The molecule has 0 aromatic heterocycles. The Kier molecular flexibility index (Phi) is 4.94. The summed E-state index contributed by atoms with van der Waals surface area (Å²) >= 11 is 0. The fourth-order valence-corrected chi connectivity index (χ4v) is 2.00. The molecule has 2 amide bonds. The highest BCUT2D eigenvalue weighted by molar-refractivity contribution is 5.89. The van der Waals surface area contributed by atoms with E-state index in [0.717, 1.165) is 5.56 Å². The van der Waals surface area contributed by atoms with Gasteiger partial charge in [-0.3, -0.25) is 0 Å². The first kappa shape index (κ1) is 14.6. The van der Waals surface area contributed by atoms with Gasteiger partial charge in [-0.15, -0.1) is 0 Å². The molecular formula is C17H17N3O. The van der Waals surface area contributed by atoms with Gasteiger partial charge in [0.15, 0.2) is 0 Å². The van der Waals surface area contributed by atoms with Crippen LogP contribution in [0.5, 0.6) is 0 Å². The van der Waals surface area contributed by atoms with Crippen LogP contribution in [0.3, 0.4) is 0 Å². The third-order valence-electron chi connectivity index (χ3n) is 3.13. The fourth-order valence-electron chi connectivity index (χ4n) is 2.00. The van der Waals surface area contributed by atoms with Gasteiger partial charge in [0.2, 0.25) is 0 Å². The number of amides is 2. The summed E-state index contributed by atoms with van der Waals surface area (Å²) in [4.78, 5) is 14.0. The molecule has 0 fully saturated rings. The molecule has 0 spiro atoms. The van der Waals surface area contributed by atoms with Gasteiger partial charge in [0, 0.05) is 18.8 Å². The highest BCUT2D eigenvalue weighted by Crippen LogP contribution is 2.12. The third-order valence-corrected chi connectivity index (χ3v) is 3.13. The number of anilines is 1. The number of hydrogen-bond donors (Lipinski definition) is 1. The van der Waals surface area contributed by atoms with Crippen molar-refractivity contribution in [3.8, 4) is 6.07 Å². The SMILES string of the molecule is CCN(Cc1ccccc1)C(=O)Nc1cccc(C#N)c1. The van der Waals surface area contributed by atoms with Crippen molar-refractivity contribution in [2.24, 2.45) is 0 Å². The monoisotopic (exact) mass is 279 g/mol. The lowest BCUT2D eigenvalue weighted by Crippen LogP contribution is -2.34. The van der Waals surface area contributed by atoms with Gasteiger partial charge >= 0.3 is 6.03 Å². The molecule has 106 valence electrons. The predicted octanol–water partition coefficient (Wildman–Crippen LogP) is 3.61. The average Bonchev–Trinajstić information content (AvgIpc) is 2.53. The topological polar surface area (TPSA) is 56.1 Å². The third kappa shape index (κ3) is 4.08. The van der Waals surface area contributed by atoms with Gasteiger partial charge in [-0.2, -0.15) is 5.26 Å². The van der Waals surface area contributed by atoms with Gasteiger partial charge in [0.05, 0.1) is 11.6 Å². The quantitative estimate of drug-likeness (QED) is 0.929. The van der Waals surface area contributed by atoms with Crippen molar-refractivity contribution in [2.45, 2.75) is 13.5 Å². The number of carbonyl (C=O) groups excluding carboxylic acids is 1. The molecule has 1 N–H and O–H groups in total. The minimum atomic E-state index is -0.170. The van der Waals surface area contributed by atoms with E-state index in [0.29, 0.717) is 24.3 Å². The van der Waals surface area contributed by atoms with Gasteiger partial charge in [0.25, 0.3) is 0 Å². The van der Waals surface area contributed by atoms with E-state index in [2.05, 4.69) is 11.4 Å². The first-order chi connectivity index (χ1) is 10.2. The van der Waals surface area contributed by atoms with Crippen LogP contribution in [0.25, 0.3) is 0 Å². The summed E-state index contributed by atoms with van der Waals surface area (Å²) in [6, 6.07) is 18.6. The zero-order valence-electron chi connectivity index (χ0n) is 11.9. The first-order valence-corrected chi connectivity index (χ1v) is 6.83. The summed E-state index contributed by atoms with van der Waals surface area (Å²) in [5.41, 5.74) is 2.24. The second kappa shape index (κ2) is 7.11. The smallest absolute Gasteiger partial charge is 0.320 e. The molecule has 2 aromatic carbocycles. The summed E-state index contributed by atoms with van der Waals surface area (Å²) < 4.78 is 0. The summed E-state index contributed by atoms with van der Waals surface area (Å²) in [5.74, 6) is 0. The van der Waals surface area contributed by atoms with E-state index in [-0.39, 0.29) is 6.03 Å². The highest BCUT2D eigenvalue weighted by atomic mass is 16.2. The Morgan fingerprint density at radius 3 is 2.62 bits per heavy atom. The van der Waals surface area contributed by atoms with Crippen LogP contribution >= 0.6 is 0 Å². The Labute approximate surface area is 124 Å². The summed E-state index contributed by atoms with van der Waals surface area (Å²) in [5, 5.41) is 11.7. The molecule has 4 nitrogen and oxygen atoms in total. The van der Waals surface area contributed by atoms with Gasteiger partial charge in [-0.25, -0.2) is 4.79 Å². The van der Waals surface area contributed by atoms with Crippen molar-refractivity contribution < 1.29 is 4.79 Å². The van der Waals surface area contributed by atoms with Crippen molar-refractivity contribution in [1.82, 2.24) is 4.90 Å². The molecule has 0 aliphatic heterocycles. The van der Waals surface area contributed by atoms with Gasteiger partial charge in [0.1, 0.15) is 0 Å². The summed E-state index contributed by atoms with van der Waals surface area (Å²) in [6.07, 6.45) is 0. The van der Waals surface area contributed by atoms with E-state index in [4.69, 9.17) is 5.26 Å². The largest absolute Gasteiger partial charge is 0.322 e. The van der Waals surface area contributed by atoms with Crippen LogP contribution < -0.4 is 5.32 Å². The maximum absolute atomic E-state index is 12.3. The molecule has 0 bridgehead atoms. The van der Waals surface area contributed by atoms with Crippen LogP contribution in [0, 0.1) is 11.3 Å². The number of rotatable bonds is 4. The normalized spacial score (nSPS) is 9.71. The van der Waals surface area contributed by atoms with Gasteiger partial charge in [-0.1, -0.05) is 36.4 Å². The Balaban J connectivity index is 2.05. The van der Waals surface area contributed by atoms with Gasteiger partial charge < -0.3 is 10.2 Å². The Morgan fingerprint density at radius 1 is 1.19 bits per heavy atom. The second-order valence-corrected chi connectivity index (χ2v) is 4.62. The molecule has 0 saturated heterocycles. The van der Waals surface area contributed by atoms with Crippen molar-refractivity contribution in [1.29, 1.82) is 5.26 Å². The zero-order valence-corrected chi connectivity index (χ0v) is 11.9. The van der Waals surface area contributed by atoms with Gasteiger partial charge in [-0.05, 0) is 30.7 Å². The van der Waals surface area contributed by atoms with E-state index in [1.54, 1.807) is 29.2 Å². The molecule has 0 aliphatic carbocycles.